The molecule has 0 aliphatic heterocycles. The van der Waals surface area contributed by atoms with Crippen molar-refractivity contribution in [2.75, 3.05) is 12.5 Å². The zero-order valence-corrected chi connectivity index (χ0v) is 13.7. The molecule has 2 aromatic carbocycles. The summed E-state index contributed by atoms with van der Waals surface area (Å²) < 4.78 is 5.64. The first-order chi connectivity index (χ1) is 10.7. The Kier molecular flexibility index (Phi) is 6.75. The van der Waals surface area contributed by atoms with Gasteiger partial charge in [0.1, 0.15) is 5.75 Å². The topological polar surface area (TPSA) is 26.3 Å². The molecule has 0 aliphatic rings. The van der Waals surface area contributed by atoms with Crippen molar-refractivity contribution in [2.45, 2.75) is 19.3 Å². The molecule has 0 amide bonds. The number of ether oxygens (including phenoxy) is 1. The second-order valence-electron chi connectivity index (χ2n) is 4.96. The van der Waals surface area contributed by atoms with Gasteiger partial charge in [0, 0.05) is 22.0 Å². The number of hydrogen-bond donors (Lipinski definition) is 0. The van der Waals surface area contributed by atoms with E-state index in [9.17, 15) is 4.79 Å². The molecule has 0 aliphatic carbocycles. The summed E-state index contributed by atoms with van der Waals surface area (Å²) in [5, 5.41) is 0.620. The molecule has 0 spiro atoms. The molecule has 0 saturated heterocycles. The van der Waals surface area contributed by atoms with Crippen molar-refractivity contribution in [3.05, 3.63) is 64.7 Å². The van der Waals surface area contributed by atoms with Gasteiger partial charge < -0.3 is 4.74 Å². The largest absolute Gasteiger partial charge is 0.494 e. The summed E-state index contributed by atoms with van der Waals surface area (Å²) in [5.74, 6) is 1.45. The van der Waals surface area contributed by atoms with E-state index < -0.39 is 0 Å². The van der Waals surface area contributed by atoms with Crippen molar-refractivity contribution in [2.24, 2.45) is 0 Å². The Bertz CT molecular complexity index is 591. The van der Waals surface area contributed by atoms with E-state index in [-0.39, 0.29) is 5.78 Å². The first kappa shape index (κ1) is 16.9. The molecule has 4 heteroatoms. The first-order valence-electron chi connectivity index (χ1n) is 7.30. The van der Waals surface area contributed by atoms with Crippen LogP contribution in [0.25, 0.3) is 0 Å². The Morgan fingerprint density at radius 2 is 1.45 bits per heavy atom. The minimum Gasteiger partial charge on any atom is -0.494 e. The minimum atomic E-state index is -0.0228. The summed E-state index contributed by atoms with van der Waals surface area (Å²) >= 11 is 11.5. The SMILES string of the molecule is O=C(c1ccc(Cl)cc1)c1ccc(OCCCCCCl)cc1. The molecule has 116 valence electrons. The van der Waals surface area contributed by atoms with E-state index in [4.69, 9.17) is 27.9 Å². The van der Waals surface area contributed by atoms with Crippen LogP contribution in [0, 0.1) is 0 Å². The maximum Gasteiger partial charge on any atom is 0.193 e. The fourth-order valence-electron chi connectivity index (χ4n) is 2.03. The number of hydrogen-bond acceptors (Lipinski definition) is 2. The monoisotopic (exact) mass is 336 g/mol. The normalized spacial score (nSPS) is 10.5. The number of carbonyl (C=O) groups excluding carboxylic acids is 1. The Hall–Kier alpha value is -1.51. The highest BCUT2D eigenvalue weighted by Gasteiger charge is 2.08. The molecule has 0 bridgehead atoms. The van der Waals surface area contributed by atoms with Crippen LogP contribution in [0.1, 0.15) is 35.2 Å². The van der Waals surface area contributed by atoms with E-state index in [1.807, 2.05) is 12.1 Å². The number of unbranched alkanes of at least 4 members (excludes halogenated alkanes) is 2. The first-order valence-corrected chi connectivity index (χ1v) is 8.21. The average Bonchev–Trinajstić information content (AvgIpc) is 2.55. The molecule has 0 aromatic heterocycles. The van der Waals surface area contributed by atoms with Crippen LogP contribution in [0.2, 0.25) is 5.02 Å². The molecule has 0 saturated carbocycles. The van der Waals surface area contributed by atoms with Crippen LogP contribution in [0.4, 0.5) is 0 Å². The maximum absolute atomic E-state index is 12.3. The molecule has 0 atom stereocenters. The van der Waals surface area contributed by atoms with Gasteiger partial charge in [-0.2, -0.15) is 0 Å². The fraction of sp³-hybridized carbons (Fsp3) is 0.278. The fourth-order valence-corrected chi connectivity index (χ4v) is 2.35. The Morgan fingerprint density at radius 3 is 2.05 bits per heavy atom. The van der Waals surface area contributed by atoms with E-state index in [1.54, 1.807) is 36.4 Å². The van der Waals surface area contributed by atoms with Crippen molar-refractivity contribution in [1.29, 1.82) is 0 Å². The lowest BCUT2D eigenvalue weighted by Gasteiger charge is -2.07. The molecule has 0 N–H and O–H groups in total. The van der Waals surface area contributed by atoms with Gasteiger partial charge in [0.25, 0.3) is 0 Å². The van der Waals surface area contributed by atoms with Gasteiger partial charge in [-0.1, -0.05) is 11.6 Å². The molecule has 0 heterocycles. The predicted octanol–water partition coefficient (Wildman–Crippen LogP) is 5.36. The second kappa shape index (κ2) is 8.82. The van der Waals surface area contributed by atoms with Crippen LogP contribution in [0.3, 0.4) is 0 Å². The van der Waals surface area contributed by atoms with Crippen LogP contribution < -0.4 is 4.74 Å². The van der Waals surface area contributed by atoms with Crippen molar-refractivity contribution < 1.29 is 9.53 Å². The molecular weight excluding hydrogens is 319 g/mol. The summed E-state index contributed by atoms with van der Waals surface area (Å²) in [6.45, 7) is 0.668. The van der Waals surface area contributed by atoms with E-state index in [1.165, 1.54) is 0 Å². The molecule has 22 heavy (non-hydrogen) atoms. The van der Waals surface area contributed by atoms with Gasteiger partial charge in [0.15, 0.2) is 5.78 Å². The van der Waals surface area contributed by atoms with Crippen molar-refractivity contribution in [3.8, 4) is 5.75 Å². The lowest BCUT2D eigenvalue weighted by atomic mass is 10.0. The molecule has 2 rings (SSSR count). The molecule has 2 nitrogen and oxygen atoms in total. The highest BCUT2D eigenvalue weighted by atomic mass is 35.5. The minimum absolute atomic E-state index is 0.0228. The number of halogens is 2. The summed E-state index contributed by atoms with van der Waals surface area (Å²) in [4.78, 5) is 12.3. The van der Waals surface area contributed by atoms with Gasteiger partial charge in [-0.15, -0.1) is 11.6 Å². The number of rotatable bonds is 8. The number of carbonyl (C=O) groups is 1. The van der Waals surface area contributed by atoms with Crippen molar-refractivity contribution in [3.63, 3.8) is 0 Å². The maximum atomic E-state index is 12.3. The van der Waals surface area contributed by atoms with Crippen molar-refractivity contribution in [1.82, 2.24) is 0 Å². The lowest BCUT2D eigenvalue weighted by Crippen LogP contribution is -2.02. The van der Waals surface area contributed by atoms with Gasteiger partial charge in [-0.25, -0.2) is 0 Å². The van der Waals surface area contributed by atoms with Gasteiger partial charge in [-0.05, 0) is 67.8 Å². The standard InChI is InChI=1S/C18H18Cl2O2/c19-12-2-1-3-13-22-17-10-6-15(7-11-17)18(21)14-4-8-16(20)9-5-14/h4-11H,1-3,12-13H2. The third-order valence-electron chi connectivity index (χ3n) is 3.27. The van der Waals surface area contributed by atoms with Gasteiger partial charge in [0.2, 0.25) is 0 Å². The van der Waals surface area contributed by atoms with E-state index in [2.05, 4.69) is 0 Å². The number of ketones is 1. The number of benzene rings is 2. The summed E-state index contributed by atoms with van der Waals surface area (Å²) in [7, 11) is 0. The van der Waals surface area contributed by atoms with Gasteiger partial charge in [0.05, 0.1) is 6.61 Å². The van der Waals surface area contributed by atoms with E-state index in [0.29, 0.717) is 28.6 Å². The Morgan fingerprint density at radius 1 is 0.864 bits per heavy atom. The molecular formula is C18H18Cl2O2. The quantitative estimate of drug-likeness (QED) is 0.368. The van der Waals surface area contributed by atoms with Gasteiger partial charge >= 0.3 is 0 Å². The molecule has 2 aromatic rings. The average molecular weight is 337 g/mol. The Balaban J connectivity index is 1.91. The highest BCUT2D eigenvalue weighted by Crippen LogP contribution is 2.17. The highest BCUT2D eigenvalue weighted by molar-refractivity contribution is 6.30. The third kappa shape index (κ3) is 5.04. The molecule has 0 fully saturated rings. The summed E-state index contributed by atoms with van der Waals surface area (Å²) in [5.41, 5.74) is 1.26. The molecule has 0 unspecified atom stereocenters. The van der Waals surface area contributed by atoms with E-state index >= 15 is 0 Å². The second-order valence-corrected chi connectivity index (χ2v) is 5.77. The lowest BCUT2D eigenvalue weighted by molar-refractivity contribution is 0.103. The van der Waals surface area contributed by atoms with Crippen LogP contribution >= 0.6 is 23.2 Å². The van der Waals surface area contributed by atoms with Crippen LogP contribution in [-0.2, 0) is 0 Å². The Labute approximate surface area is 141 Å². The van der Waals surface area contributed by atoms with E-state index in [0.717, 1.165) is 25.0 Å². The summed E-state index contributed by atoms with van der Waals surface area (Å²) in [6, 6.07) is 14.1. The summed E-state index contributed by atoms with van der Waals surface area (Å²) in [6.07, 6.45) is 3.06. The predicted molar refractivity (Wildman–Crippen MR) is 91.4 cm³/mol. The zero-order chi connectivity index (χ0) is 15.8. The molecule has 0 radical (unpaired) electrons. The zero-order valence-electron chi connectivity index (χ0n) is 12.2. The van der Waals surface area contributed by atoms with Crippen LogP contribution in [0.15, 0.2) is 48.5 Å². The third-order valence-corrected chi connectivity index (χ3v) is 3.79. The smallest absolute Gasteiger partial charge is 0.193 e. The van der Waals surface area contributed by atoms with Crippen molar-refractivity contribution >= 4 is 29.0 Å². The number of alkyl halides is 1. The van der Waals surface area contributed by atoms with Gasteiger partial charge in [-0.3, -0.25) is 4.79 Å². The van der Waals surface area contributed by atoms with Crippen LogP contribution in [0.5, 0.6) is 5.75 Å². The van der Waals surface area contributed by atoms with Crippen LogP contribution in [-0.4, -0.2) is 18.3 Å².